The van der Waals surface area contributed by atoms with Crippen LogP contribution in [0.25, 0.3) is 38.4 Å². The molecule has 2 aromatic heterocycles. The van der Waals surface area contributed by atoms with Crippen LogP contribution in [0, 0.1) is 17.4 Å². The van der Waals surface area contributed by atoms with Crippen molar-refractivity contribution in [3.8, 4) is 17.2 Å². The first kappa shape index (κ1) is 16.5. The van der Waals surface area contributed by atoms with Gasteiger partial charge in [-0.1, -0.05) is 53.9 Å². The summed E-state index contributed by atoms with van der Waals surface area (Å²) in [5.41, 5.74) is 4.50. The molecule has 0 saturated heterocycles. The largest absolute Gasteiger partial charge is 0.338 e. The van der Waals surface area contributed by atoms with Gasteiger partial charge in [0.15, 0.2) is 0 Å². The van der Waals surface area contributed by atoms with E-state index in [4.69, 9.17) is 0 Å². The Morgan fingerprint density at radius 1 is 0.923 bits per heavy atom. The minimum absolute atomic E-state index is 0. The molecule has 0 N–H and O–H groups in total. The molecule has 0 spiro atoms. The van der Waals surface area contributed by atoms with Crippen molar-refractivity contribution in [2.45, 2.75) is 0 Å². The molecular weight excluding hydrogens is 498 g/mol. The van der Waals surface area contributed by atoms with E-state index >= 15 is 0 Å². The fourth-order valence-electron chi connectivity index (χ4n) is 3.50. The number of rotatable bonds is 1. The first-order valence-corrected chi connectivity index (χ1v) is 8.06. The van der Waals surface area contributed by atoms with E-state index in [9.17, 15) is 5.26 Å². The van der Waals surface area contributed by atoms with Crippen LogP contribution in [0.4, 0.5) is 0 Å². The number of nitrogens with zero attached hydrogens (tertiary/aromatic N) is 3. The van der Waals surface area contributed by atoms with E-state index in [0.29, 0.717) is 5.69 Å². The van der Waals surface area contributed by atoms with Gasteiger partial charge < -0.3 is 4.40 Å². The third-order valence-corrected chi connectivity index (χ3v) is 4.55. The van der Waals surface area contributed by atoms with Gasteiger partial charge in [0.25, 0.3) is 0 Å². The standard InChI is InChI=1S/C22H12N3.Ir/c23-13-16-14-25-21-17(15-7-2-1-3-8-15)11-6-12-19(21)18-9-4-5-10-20(18)22(25)24-16;/h1-9,11-12,14H;/q-1;. The van der Waals surface area contributed by atoms with Crippen LogP contribution < -0.4 is 0 Å². The molecule has 0 unspecified atom stereocenters. The normalized spacial score (nSPS) is 10.7. The molecule has 4 heteroatoms. The van der Waals surface area contributed by atoms with E-state index in [-0.39, 0.29) is 20.1 Å². The Bertz CT molecular complexity index is 1300. The maximum atomic E-state index is 9.33. The van der Waals surface area contributed by atoms with Crippen molar-refractivity contribution in [3.05, 3.63) is 84.7 Å². The zero-order chi connectivity index (χ0) is 16.8. The summed E-state index contributed by atoms with van der Waals surface area (Å²) in [6, 6.07) is 28.0. The average molecular weight is 511 g/mol. The minimum atomic E-state index is 0. The van der Waals surface area contributed by atoms with Gasteiger partial charge in [-0.15, -0.1) is 29.7 Å². The number of nitriles is 1. The van der Waals surface area contributed by atoms with Crippen molar-refractivity contribution in [2.24, 2.45) is 0 Å². The second-order valence-corrected chi connectivity index (χ2v) is 5.96. The number of pyridine rings is 1. The molecular formula is C22H12IrN3-. The summed E-state index contributed by atoms with van der Waals surface area (Å²) in [5.74, 6) is 0. The topological polar surface area (TPSA) is 41.1 Å². The van der Waals surface area contributed by atoms with E-state index in [0.717, 1.165) is 38.4 Å². The van der Waals surface area contributed by atoms with E-state index in [2.05, 4.69) is 53.5 Å². The van der Waals surface area contributed by atoms with Gasteiger partial charge in [-0.3, -0.25) is 4.98 Å². The van der Waals surface area contributed by atoms with E-state index < -0.39 is 0 Å². The second kappa shape index (κ2) is 6.38. The summed E-state index contributed by atoms with van der Waals surface area (Å²) in [6.07, 6.45) is 1.81. The van der Waals surface area contributed by atoms with Crippen LogP contribution in [-0.4, -0.2) is 9.38 Å². The minimum Gasteiger partial charge on any atom is -0.338 e. The fourth-order valence-corrected chi connectivity index (χ4v) is 3.50. The number of imidazole rings is 1. The molecule has 26 heavy (non-hydrogen) atoms. The van der Waals surface area contributed by atoms with E-state index in [1.165, 1.54) is 0 Å². The van der Waals surface area contributed by atoms with Gasteiger partial charge in [0.2, 0.25) is 0 Å². The van der Waals surface area contributed by atoms with Gasteiger partial charge in [-0.2, -0.15) is 5.26 Å². The quantitative estimate of drug-likeness (QED) is 0.236. The van der Waals surface area contributed by atoms with Crippen LogP contribution in [0.2, 0.25) is 0 Å². The van der Waals surface area contributed by atoms with Gasteiger partial charge >= 0.3 is 0 Å². The SMILES string of the molecule is N#Cc1cn2c(n1)c1[c-]cccc1c1cccc(-c3ccccc3)c12.[Ir]. The molecule has 0 aliphatic carbocycles. The number of aromatic nitrogens is 2. The van der Waals surface area contributed by atoms with Gasteiger partial charge in [0.1, 0.15) is 11.8 Å². The van der Waals surface area contributed by atoms with Crippen molar-refractivity contribution in [1.29, 1.82) is 5.26 Å². The number of para-hydroxylation sites is 1. The predicted octanol–water partition coefficient (Wildman–Crippen LogP) is 4.98. The van der Waals surface area contributed by atoms with E-state index in [1.54, 1.807) is 0 Å². The maximum Gasteiger partial charge on any atom is 0.148 e. The van der Waals surface area contributed by atoms with Crippen molar-refractivity contribution < 1.29 is 20.1 Å². The average Bonchev–Trinajstić information content (AvgIpc) is 3.13. The molecule has 0 amide bonds. The Balaban J connectivity index is 0.00000168. The van der Waals surface area contributed by atoms with Crippen LogP contribution in [0.5, 0.6) is 0 Å². The molecule has 0 fully saturated rings. The number of hydrogen-bond donors (Lipinski definition) is 0. The van der Waals surface area contributed by atoms with Crippen LogP contribution in [-0.2, 0) is 20.1 Å². The monoisotopic (exact) mass is 511 g/mol. The zero-order valence-electron chi connectivity index (χ0n) is 13.6. The Hall–Kier alpha value is -2.99. The Labute approximate surface area is 163 Å². The first-order valence-electron chi connectivity index (χ1n) is 8.06. The van der Waals surface area contributed by atoms with Crippen LogP contribution >= 0.6 is 0 Å². The second-order valence-electron chi connectivity index (χ2n) is 5.96. The Kier molecular flexibility index (Phi) is 4.05. The summed E-state index contributed by atoms with van der Waals surface area (Å²) in [5, 5.41) is 12.5. The molecule has 0 saturated carbocycles. The van der Waals surface area contributed by atoms with Gasteiger partial charge in [0.05, 0.1) is 5.65 Å². The molecule has 125 valence electrons. The predicted molar refractivity (Wildman–Crippen MR) is 99.2 cm³/mol. The van der Waals surface area contributed by atoms with Crippen molar-refractivity contribution in [3.63, 3.8) is 0 Å². The molecule has 0 aliphatic rings. The maximum absolute atomic E-state index is 9.33. The van der Waals surface area contributed by atoms with Crippen molar-refractivity contribution in [2.75, 3.05) is 0 Å². The third-order valence-electron chi connectivity index (χ3n) is 4.55. The summed E-state index contributed by atoms with van der Waals surface area (Å²) < 4.78 is 2.02. The number of hydrogen-bond acceptors (Lipinski definition) is 2. The number of benzene rings is 3. The van der Waals surface area contributed by atoms with Crippen molar-refractivity contribution in [1.82, 2.24) is 9.38 Å². The van der Waals surface area contributed by atoms with Gasteiger partial charge in [-0.25, -0.2) is 0 Å². The summed E-state index contributed by atoms with van der Waals surface area (Å²) in [4.78, 5) is 4.51. The molecule has 3 aromatic carbocycles. The van der Waals surface area contributed by atoms with Crippen molar-refractivity contribution >= 4 is 27.3 Å². The molecule has 5 rings (SSSR count). The van der Waals surface area contributed by atoms with Gasteiger partial charge in [-0.05, 0) is 10.9 Å². The molecule has 0 aliphatic heterocycles. The zero-order valence-corrected chi connectivity index (χ0v) is 16.0. The molecule has 1 radical (unpaired) electrons. The van der Waals surface area contributed by atoms with Crippen LogP contribution in [0.15, 0.2) is 72.9 Å². The third kappa shape index (κ3) is 2.34. The number of fused-ring (bicyclic) bond motifs is 6. The fraction of sp³-hybridized carbons (Fsp3) is 0. The molecule has 0 atom stereocenters. The first-order chi connectivity index (χ1) is 12.4. The van der Waals surface area contributed by atoms with Crippen LogP contribution in [0.1, 0.15) is 5.69 Å². The Morgan fingerprint density at radius 3 is 2.54 bits per heavy atom. The molecule has 3 nitrogen and oxygen atoms in total. The summed E-state index contributed by atoms with van der Waals surface area (Å²) in [6.45, 7) is 0. The Morgan fingerprint density at radius 2 is 1.73 bits per heavy atom. The summed E-state index contributed by atoms with van der Waals surface area (Å²) >= 11 is 0. The molecule has 5 aromatic rings. The van der Waals surface area contributed by atoms with Gasteiger partial charge in [0, 0.05) is 37.4 Å². The van der Waals surface area contributed by atoms with Crippen LogP contribution in [0.3, 0.4) is 0 Å². The molecule has 0 bridgehead atoms. The molecule has 2 heterocycles. The smallest absolute Gasteiger partial charge is 0.148 e. The van der Waals surface area contributed by atoms with E-state index in [1.807, 2.05) is 40.9 Å². The summed E-state index contributed by atoms with van der Waals surface area (Å²) in [7, 11) is 0.